The number of rotatable bonds is 4. The van der Waals surface area contributed by atoms with E-state index in [1.165, 1.54) is 12.1 Å². The Morgan fingerprint density at radius 2 is 1.74 bits per heavy atom. The second-order valence-corrected chi connectivity index (χ2v) is 7.32. The first-order chi connectivity index (χ1) is 11.0. The maximum Gasteiger partial charge on any atom is 0.261 e. The van der Waals surface area contributed by atoms with Gasteiger partial charge in [0.25, 0.3) is 10.0 Å². The highest BCUT2D eigenvalue weighted by molar-refractivity contribution is 7.92. The Bertz CT molecular complexity index is 835. The lowest BCUT2D eigenvalue weighted by Crippen LogP contribution is -2.23. The number of anilines is 2. The maximum absolute atomic E-state index is 12.4. The predicted molar refractivity (Wildman–Crippen MR) is 90.3 cm³/mol. The van der Waals surface area contributed by atoms with E-state index in [-0.39, 0.29) is 10.8 Å². The minimum Gasteiger partial charge on any atom is -0.312 e. The number of para-hydroxylation sites is 1. The number of carbonyl (C=O) groups excluding carboxylic acids is 1. The molecule has 0 aromatic heterocycles. The summed E-state index contributed by atoms with van der Waals surface area (Å²) in [6.45, 7) is 0.669. The van der Waals surface area contributed by atoms with Crippen molar-refractivity contribution in [1.29, 1.82) is 0 Å². The molecule has 0 radical (unpaired) electrons. The van der Waals surface area contributed by atoms with Crippen LogP contribution in [-0.2, 0) is 14.8 Å². The predicted octanol–water partition coefficient (Wildman–Crippen LogP) is 3.27. The molecule has 3 rings (SSSR count). The first kappa shape index (κ1) is 15.8. The second kappa shape index (κ2) is 6.22. The van der Waals surface area contributed by atoms with Crippen molar-refractivity contribution in [2.24, 2.45) is 0 Å². The molecule has 2 aromatic carbocycles. The van der Waals surface area contributed by atoms with Crippen molar-refractivity contribution in [3.63, 3.8) is 0 Å². The Kier molecular flexibility index (Phi) is 4.28. The third-order valence-electron chi connectivity index (χ3n) is 3.65. The van der Waals surface area contributed by atoms with Crippen molar-refractivity contribution >= 4 is 38.9 Å². The van der Waals surface area contributed by atoms with Crippen LogP contribution in [0.2, 0.25) is 5.02 Å². The van der Waals surface area contributed by atoms with E-state index in [0.717, 1.165) is 6.42 Å². The minimum absolute atomic E-state index is 0.0646. The molecule has 0 saturated carbocycles. The van der Waals surface area contributed by atoms with Crippen molar-refractivity contribution in [3.8, 4) is 0 Å². The third-order valence-corrected chi connectivity index (χ3v) is 5.36. The lowest BCUT2D eigenvalue weighted by molar-refractivity contribution is -0.117. The Hall–Kier alpha value is -2.05. The SMILES string of the molecule is O=C1CCCN1c1ccc(S(=O)(=O)Nc2ccccc2Cl)cc1. The van der Waals surface area contributed by atoms with Gasteiger partial charge in [-0.1, -0.05) is 23.7 Å². The van der Waals surface area contributed by atoms with E-state index in [2.05, 4.69) is 4.72 Å². The van der Waals surface area contributed by atoms with Crippen molar-refractivity contribution < 1.29 is 13.2 Å². The lowest BCUT2D eigenvalue weighted by atomic mass is 10.3. The number of nitrogens with zero attached hydrogens (tertiary/aromatic N) is 1. The molecule has 23 heavy (non-hydrogen) atoms. The highest BCUT2D eigenvalue weighted by atomic mass is 35.5. The largest absolute Gasteiger partial charge is 0.312 e. The molecule has 1 heterocycles. The smallest absolute Gasteiger partial charge is 0.261 e. The fourth-order valence-corrected chi connectivity index (χ4v) is 3.79. The number of carbonyl (C=O) groups is 1. The van der Waals surface area contributed by atoms with E-state index in [1.54, 1.807) is 41.3 Å². The molecule has 0 spiro atoms. The van der Waals surface area contributed by atoms with Gasteiger partial charge in [-0.3, -0.25) is 9.52 Å². The van der Waals surface area contributed by atoms with Crippen molar-refractivity contribution in [3.05, 3.63) is 53.6 Å². The normalized spacial score (nSPS) is 15.0. The Morgan fingerprint density at radius 1 is 1.04 bits per heavy atom. The molecule has 1 aliphatic heterocycles. The fraction of sp³-hybridized carbons (Fsp3) is 0.188. The lowest BCUT2D eigenvalue weighted by Gasteiger charge is -2.16. The van der Waals surface area contributed by atoms with Gasteiger partial charge in [0.2, 0.25) is 5.91 Å². The monoisotopic (exact) mass is 350 g/mol. The number of sulfonamides is 1. The molecule has 0 unspecified atom stereocenters. The summed E-state index contributed by atoms with van der Waals surface area (Å²) < 4.78 is 27.3. The van der Waals surface area contributed by atoms with Crippen molar-refractivity contribution in [2.45, 2.75) is 17.7 Å². The molecule has 1 amide bonds. The molecule has 1 N–H and O–H groups in total. The topological polar surface area (TPSA) is 66.5 Å². The quantitative estimate of drug-likeness (QED) is 0.920. The average Bonchev–Trinajstić information content (AvgIpc) is 2.96. The van der Waals surface area contributed by atoms with Crippen LogP contribution in [0.1, 0.15) is 12.8 Å². The van der Waals surface area contributed by atoms with Crippen LogP contribution in [0.3, 0.4) is 0 Å². The van der Waals surface area contributed by atoms with Gasteiger partial charge in [0, 0.05) is 18.7 Å². The summed E-state index contributed by atoms with van der Waals surface area (Å²) in [5.74, 6) is 0.0646. The number of hydrogen-bond donors (Lipinski definition) is 1. The average molecular weight is 351 g/mol. The van der Waals surface area contributed by atoms with Crippen molar-refractivity contribution in [1.82, 2.24) is 0 Å². The van der Waals surface area contributed by atoms with Gasteiger partial charge < -0.3 is 4.90 Å². The molecule has 0 aliphatic carbocycles. The minimum atomic E-state index is -3.73. The molecule has 2 aromatic rings. The zero-order chi connectivity index (χ0) is 16.4. The number of amides is 1. The van der Waals surface area contributed by atoms with E-state index in [0.29, 0.717) is 29.4 Å². The summed E-state index contributed by atoms with van der Waals surface area (Å²) in [6.07, 6.45) is 1.36. The number of benzene rings is 2. The van der Waals surface area contributed by atoms with Gasteiger partial charge in [-0.2, -0.15) is 0 Å². The summed E-state index contributed by atoms with van der Waals surface area (Å²) in [7, 11) is -3.73. The van der Waals surface area contributed by atoms with Crippen LogP contribution in [0, 0.1) is 0 Å². The van der Waals surface area contributed by atoms with Crippen LogP contribution < -0.4 is 9.62 Å². The zero-order valence-corrected chi connectivity index (χ0v) is 13.8. The van der Waals surface area contributed by atoms with Crippen molar-refractivity contribution in [2.75, 3.05) is 16.2 Å². The molecule has 1 saturated heterocycles. The van der Waals surface area contributed by atoms with Gasteiger partial charge in [-0.05, 0) is 42.8 Å². The summed E-state index contributed by atoms with van der Waals surface area (Å²) in [6, 6.07) is 12.9. The number of nitrogens with one attached hydrogen (secondary N) is 1. The first-order valence-electron chi connectivity index (χ1n) is 7.15. The summed E-state index contributed by atoms with van der Waals surface area (Å²) in [5, 5.41) is 0.329. The summed E-state index contributed by atoms with van der Waals surface area (Å²) in [5.41, 5.74) is 1.04. The van der Waals surface area contributed by atoms with E-state index in [1.807, 2.05) is 0 Å². The highest BCUT2D eigenvalue weighted by Crippen LogP contribution is 2.26. The zero-order valence-electron chi connectivity index (χ0n) is 12.2. The van der Waals surface area contributed by atoms with E-state index in [4.69, 9.17) is 11.6 Å². The van der Waals surface area contributed by atoms with E-state index >= 15 is 0 Å². The first-order valence-corrected chi connectivity index (χ1v) is 9.01. The van der Waals surface area contributed by atoms with E-state index < -0.39 is 10.0 Å². The molecule has 1 fully saturated rings. The van der Waals surface area contributed by atoms with Gasteiger partial charge in [0.15, 0.2) is 0 Å². The Balaban J connectivity index is 1.83. The Labute approximate surface area is 139 Å². The molecular formula is C16H15ClN2O3S. The standard InChI is InChI=1S/C16H15ClN2O3S/c17-14-4-1-2-5-15(14)18-23(21,22)13-9-7-12(8-10-13)19-11-3-6-16(19)20/h1-2,4-5,7-10,18H,3,6,11H2. The fourth-order valence-electron chi connectivity index (χ4n) is 2.47. The number of hydrogen-bond acceptors (Lipinski definition) is 3. The van der Waals surface area contributed by atoms with Crippen LogP contribution in [0.25, 0.3) is 0 Å². The van der Waals surface area contributed by atoms with Crippen LogP contribution in [0.15, 0.2) is 53.4 Å². The Morgan fingerprint density at radius 3 is 2.35 bits per heavy atom. The van der Waals surface area contributed by atoms with Gasteiger partial charge >= 0.3 is 0 Å². The molecule has 0 atom stereocenters. The number of halogens is 1. The molecule has 7 heteroatoms. The molecule has 120 valence electrons. The molecule has 5 nitrogen and oxygen atoms in total. The van der Waals surface area contributed by atoms with Gasteiger partial charge in [0.1, 0.15) is 0 Å². The van der Waals surface area contributed by atoms with Crippen LogP contribution >= 0.6 is 11.6 Å². The highest BCUT2D eigenvalue weighted by Gasteiger charge is 2.22. The van der Waals surface area contributed by atoms with Gasteiger partial charge in [0.05, 0.1) is 15.6 Å². The summed E-state index contributed by atoms with van der Waals surface area (Å²) >= 11 is 5.97. The van der Waals surface area contributed by atoms with Crippen LogP contribution in [-0.4, -0.2) is 20.9 Å². The third kappa shape index (κ3) is 3.33. The van der Waals surface area contributed by atoms with Gasteiger partial charge in [-0.15, -0.1) is 0 Å². The molecular weight excluding hydrogens is 336 g/mol. The second-order valence-electron chi connectivity index (χ2n) is 5.23. The molecule has 1 aliphatic rings. The maximum atomic E-state index is 12.4. The summed E-state index contributed by atoms with van der Waals surface area (Å²) in [4.78, 5) is 13.5. The van der Waals surface area contributed by atoms with E-state index in [9.17, 15) is 13.2 Å². The van der Waals surface area contributed by atoms with Crippen LogP contribution in [0.4, 0.5) is 11.4 Å². The molecule has 0 bridgehead atoms. The van der Waals surface area contributed by atoms with Crippen LogP contribution in [0.5, 0.6) is 0 Å². The van der Waals surface area contributed by atoms with Gasteiger partial charge in [-0.25, -0.2) is 8.42 Å².